The molecule has 0 aliphatic rings. The van der Waals surface area contributed by atoms with Gasteiger partial charge >= 0.3 is 0 Å². The quantitative estimate of drug-likeness (QED) is 0.766. The topological polar surface area (TPSA) is 57.9 Å². The predicted molar refractivity (Wildman–Crippen MR) is 83.7 cm³/mol. The van der Waals surface area contributed by atoms with Crippen molar-refractivity contribution in [3.63, 3.8) is 0 Å². The number of nitrogens with one attached hydrogen (secondary N) is 1. The molecule has 0 bridgehead atoms. The molecule has 0 atom stereocenters. The summed E-state index contributed by atoms with van der Waals surface area (Å²) in [5.41, 5.74) is 11.0. The number of hydrogen-bond acceptors (Lipinski definition) is 3. The largest absolute Gasteiger partial charge is 0.378 e. The fourth-order valence-electron chi connectivity index (χ4n) is 2.25. The van der Waals surface area contributed by atoms with Crippen LogP contribution in [0.15, 0.2) is 42.5 Å². The number of benzene rings is 2. The Balaban J connectivity index is 2.07. The Morgan fingerprint density at radius 1 is 1.15 bits per heavy atom. The first-order valence-corrected chi connectivity index (χ1v) is 6.64. The minimum absolute atomic E-state index is 0.542. The molecule has 4 heteroatoms. The van der Waals surface area contributed by atoms with E-state index in [2.05, 4.69) is 39.1 Å². The van der Waals surface area contributed by atoms with E-state index in [1.165, 1.54) is 0 Å². The highest BCUT2D eigenvalue weighted by molar-refractivity contribution is 5.80. The van der Waals surface area contributed by atoms with Crippen LogP contribution >= 0.6 is 0 Å². The Hall–Kier alpha value is -2.33. The summed E-state index contributed by atoms with van der Waals surface area (Å²) in [6.07, 6.45) is 0. The maximum Gasteiger partial charge on any atom is 0.138 e. The number of hydrogen-bond donors (Lipinski definition) is 2. The Morgan fingerprint density at radius 3 is 2.75 bits per heavy atom. The summed E-state index contributed by atoms with van der Waals surface area (Å²) >= 11 is 0. The molecule has 0 unspecified atom stereocenters. The van der Waals surface area contributed by atoms with Crippen molar-refractivity contribution in [3.05, 3.63) is 48.0 Å². The first-order valence-electron chi connectivity index (χ1n) is 6.64. The molecular formula is C16H18N4. The molecule has 20 heavy (non-hydrogen) atoms. The van der Waals surface area contributed by atoms with E-state index < -0.39 is 0 Å². The number of H-pyrrole nitrogens is 1. The van der Waals surface area contributed by atoms with Gasteiger partial charge in [-0.05, 0) is 29.8 Å². The van der Waals surface area contributed by atoms with Crippen LogP contribution in [0.2, 0.25) is 0 Å². The molecule has 0 fully saturated rings. The second kappa shape index (κ2) is 4.98. The molecular weight excluding hydrogens is 248 g/mol. The lowest BCUT2D eigenvalue weighted by molar-refractivity contribution is 1.07. The fourth-order valence-corrected chi connectivity index (χ4v) is 2.25. The minimum atomic E-state index is 0.542. The van der Waals surface area contributed by atoms with E-state index in [-0.39, 0.29) is 0 Å². The second-order valence-corrected chi connectivity index (χ2v) is 5.09. The molecule has 1 aromatic heterocycles. The minimum Gasteiger partial charge on any atom is -0.378 e. The molecule has 1 heterocycles. The van der Waals surface area contributed by atoms with Crippen molar-refractivity contribution >= 4 is 16.7 Å². The standard InChI is InChI=1S/C16H18N4/c1-20(2)13-5-3-4-12(9-13)16-18-14-7-6-11(10-17)8-15(14)19-16/h3-9H,10,17H2,1-2H3,(H,18,19). The highest BCUT2D eigenvalue weighted by atomic mass is 15.1. The van der Waals surface area contributed by atoms with E-state index in [0.717, 1.165) is 33.7 Å². The summed E-state index contributed by atoms with van der Waals surface area (Å²) in [5, 5.41) is 0. The van der Waals surface area contributed by atoms with Crippen LogP contribution in [0.1, 0.15) is 5.56 Å². The molecule has 3 rings (SSSR count). The summed E-state index contributed by atoms with van der Waals surface area (Å²) in [6, 6.07) is 14.4. The zero-order valence-corrected chi connectivity index (χ0v) is 11.7. The van der Waals surface area contributed by atoms with Crippen LogP contribution in [0.4, 0.5) is 5.69 Å². The smallest absolute Gasteiger partial charge is 0.138 e. The van der Waals surface area contributed by atoms with E-state index in [9.17, 15) is 0 Å². The van der Waals surface area contributed by atoms with Gasteiger partial charge in [0.1, 0.15) is 5.82 Å². The van der Waals surface area contributed by atoms with Crippen molar-refractivity contribution in [2.45, 2.75) is 6.54 Å². The number of aromatic amines is 1. The highest BCUT2D eigenvalue weighted by Crippen LogP contribution is 2.24. The number of imidazole rings is 1. The van der Waals surface area contributed by atoms with Crippen molar-refractivity contribution in [1.29, 1.82) is 0 Å². The van der Waals surface area contributed by atoms with Gasteiger partial charge in [0, 0.05) is 31.9 Å². The summed E-state index contributed by atoms with van der Waals surface area (Å²) in [7, 11) is 4.07. The number of anilines is 1. The average Bonchev–Trinajstić information content (AvgIpc) is 2.90. The van der Waals surface area contributed by atoms with Crippen LogP contribution in [0.5, 0.6) is 0 Å². The van der Waals surface area contributed by atoms with E-state index >= 15 is 0 Å². The highest BCUT2D eigenvalue weighted by Gasteiger charge is 2.07. The van der Waals surface area contributed by atoms with E-state index in [0.29, 0.717) is 6.54 Å². The van der Waals surface area contributed by atoms with Gasteiger partial charge < -0.3 is 15.6 Å². The third-order valence-electron chi connectivity index (χ3n) is 3.42. The van der Waals surface area contributed by atoms with Crippen LogP contribution in [-0.4, -0.2) is 24.1 Å². The van der Waals surface area contributed by atoms with E-state index in [1.807, 2.05) is 32.3 Å². The number of aromatic nitrogens is 2. The van der Waals surface area contributed by atoms with Crippen LogP contribution < -0.4 is 10.6 Å². The fraction of sp³-hybridized carbons (Fsp3) is 0.188. The number of rotatable bonds is 3. The molecule has 3 aromatic rings. The first kappa shape index (κ1) is 12.7. The maximum atomic E-state index is 5.67. The Bertz CT molecular complexity index is 743. The second-order valence-electron chi connectivity index (χ2n) is 5.09. The zero-order chi connectivity index (χ0) is 14.1. The summed E-state index contributed by atoms with van der Waals surface area (Å²) in [5.74, 6) is 0.887. The SMILES string of the molecule is CN(C)c1cccc(-c2nc3ccc(CN)cc3[nH]2)c1. The number of fused-ring (bicyclic) bond motifs is 1. The Morgan fingerprint density at radius 2 is 2.00 bits per heavy atom. The molecule has 0 aliphatic carbocycles. The predicted octanol–water partition coefficient (Wildman–Crippen LogP) is 2.75. The molecule has 0 aliphatic heterocycles. The van der Waals surface area contributed by atoms with Crippen LogP contribution in [0.25, 0.3) is 22.4 Å². The van der Waals surface area contributed by atoms with Gasteiger partial charge in [0.2, 0.25) is 0 Å². The van der Waals surface area contributed by atoms with Gasteiger partial charge in [-0.1, -0.05) is 18.2 Å². The lowest BCUT2D eigenvalue weighted by Crippen LogP contribution is -2.08. The molecule has 3 N–H and O–H groups in total. The Labute approximate surface area is 118 Å². The first-order chi connectivity index (χ1) is 9.67. The Kier molecular flexibility index (Phi) is 3.16. The van der Waals surface area contributed by atoms with E-state index in [1.54, 1.807) is 0 Å². The number of nitrogens with zero attached hydrogens (tertiary/aromatic N) is 2. The third kappa shape index (κ3) is 2.26. The van der Waals surface area contributed by atoms with Crippen LogP contribution in [0, 0.1) is 0 Å². The van der Waals surface area contributed by atoms with Crippen molar-refractivity contribution in [3.8, 4) is 11.4 Å². The molecule has 0 saturated heterocycles. The molecule has 4 nitrogen and oxygen atoms in total. The van der Waals surface area contributed by atoms with Gasteiger partial charge in [0.05, 0.1) is 11.0 Å². The van der Waals surface area contributed by atoms with Gasteiger partial charge in [-0.15, -0.1) is 0 Å². The third-order valence-corrected chi connectivity index (χ3v) is 3.42. The normalized spacial score (nSPS) is 10.9. The summed E-state index contributed by atoms with van der Waals surface area (Å²) < 4.78 is 0. The zero-order valence-electron chi connectivity index (χ0n) is 11.7. The lowest BCUT2D eigenvalue weighted by atomic mass is 10.2. The molecule has 102 valence electrons. The van der Waals surface area contributed by atoms with Crippen LogP contribution in [0.3, 0.4) is 0 Å². The summed E-state index contributed by atoms with van der Waals surface area (Å²) in [4.78, 5) is 10.1. The monoisotopic (exact) mass is 266 g/mol. The molecule has 0 radical (unpaired) electrons. The van der Waals surface area contributed by atoms with Gasteiger partial charge in [0.25, 0.3) is 0 Å². The average molecular weight is 266 g/mol. The van der Waals surface area contributed by atoms with Gasteiger partial charge in [0.15, 0.2) is 0 Å². The van der Waals surface area contributed by atoms with Gasteiger partial charge in [-0.3, -0.25) is 0 Å². The molecule has 0 spiro atoms. The lowest BCUT2D eigenvalue weighted by Gasteiger charge is -2.12. The molecule has 0 saturated carbocycles. The molecule has 0 amide bonds. The summed E-state index contributed by atoms with van der Waals surface area (Å²) in [6.45, 7) is 0.542. The van der Waals surface area contributed by atoms with E-state index in [4.69, 9.17) is 5.73 Å². The van der Waals surface area contributed by atoms with Crippen molar-refractivity contribution < 1.29 is 0 Å². The number of nitrogens with two attached hydrogens (primary N) is 1. The maximum absolute atomic E-state index is 5.67. The van der Waals surface area contributed by atoms with Crippen LogP contribution in [-0.2, 0) is 6.54 Å². The van der Waals surface area contributed by atoms with Gasteiger partial charge in [-0.2, -0.15) is 0 Å². The van der Waals surface area contributed by atoms with Crippen molar-refractivity contribution in [2.24, 2.45) is 5.73 Å². The van der Waals surface area contributed by atoms with Crippen molar-refractivity contribution in [1.82, 2.24) is 9.97 Å². The van der Waals surface area contributed by atoms with Gasteiger partial charge in [-0.25, -0.2) is 4.98 Å². The molecule has 2 aromatic carbocycles. The van der Waals surface area contributed by atoms with Crippen molar-refractivity contribution in [2.75, 3.05) is 19.0 Å².